The van der Waals surface area contributed by atoms with E-state index in [2.05, 4.69) is 0 Å². The van der Waals surface area contributed by atoms with Crippen LogP contribution in [0.3, 0.4) is 0 Å². The van der Waals surface area contributed by atoms with Gasteiger partial charge in [0.25, 0.3) is 0 Å². The van der Waals surface area contributed by atoms with Gasteiger partial charge in [0.1, 0.15) is 22.1 Å². The standard InChI is InChI=1S/C19H24N2O6S/c1-20-12-15(10-17(20)19(22)27-4)28(23,24)21-8-7-13(11-21)16-9-14(25-2)5-6-18(16)26-3/h5-6,9-10,12-13H,7-8,11H2,1-4H3/t13-/m1/s1. The molecule has 1 fully saturated rings. The quantitative estimate of drug-likeness (QED) is 0.680. The number of nitrogens with zero attached hydrogens (tertiary/aromatic N) is 2. The van der Waals surface area contributed by atoms with Crippen molar-refractivity contribution in [2.24, 2.45) is 7.05 Å². The SMILES string of the molecule is COC(=O)c1cc(S(=O)(=O)N2CC[C@@H](c3cc(OC)ccc3OC)C2)cn1C. The molecule has 0 saturated carbocycles. The van der Waals surface area contributed by atoms with E-state index in [1.165, 1.54) is 28.2 Å². The maximum atomic E-state index is 13.1. The number of ether oxygens (including phenoxy) is 3. The lowest BCUT2D eigenvalue weighted by molar-refractivity contribution is 0.0590. The molecule has 0 spiro atoms. The summed E-state index contributed by atoms with van der Waals surface area (Å²) in [4.78, 5) is 11.9. The Hall–Kier alpha value is -2.52. The Balaban J connectivity index is 1.86. The third-order valence-corrected chi connectivity index (χ3v) is 6.87. The highest BCUT2D eigenvalue weighted by Gasteiger charge is 2.35. The Morgan fingerprint density at radius 1 is 1.14 bits per heavy atom. The van der Waals surface area contributed by atoms with Crippen molar-refractivity contribution < 1.29 is 27.4 Å². The molecule has 0 amide bonds. The van der Waals surface area contributed by atoms with Crippen LogP contribution in [0.15, 0.2) is 35.4 Å². The number of aromatic nitrogens is 1. The number of benzene rings is 1. The fourth-order valence-electron chi connectivity index (χ4n) is 3.49. The third-order valence-electron chi connectivity index (χ3n) is 5.04. The number of hydrogen-bond acceptors (Lipinski definition) is 6. The van der Waals surface area contributed by atoms with Gasteiger partial charge >= 0.3 is 5.97 Å². The first-order valence-electron chi connectivity index (χ1n) is 8.78. The van der Waals surface area contributed by atoms with Gasteiger partial charge in [-0.25, -0.2) is 13.2 Å². The molecular formula is C19H24N2O6S. The van der Waals surface area contributed by atoms with Crippen molar-refractivity contribution in [3.63, 3.8) is 0 Å². The highest BCUT2D eigenvalue weighted by molar-refractivity contribution is 7.89. The average molecular weight is 408 g/mol. The van der Waals surface area contributed by atoms with Gasteiger partial charge in [-0.2, -0.15) is 4.31 Å². The highest BCUT2D eigenvalue weighted by atomic mass is 32.2. The number of methoxy groups -OCH3 is 3. The molecular weight excluding hydrogens is 384 g/mol. The molecule has 0 aliphatic carbocycles. The second-order valence-electron chi connectivity index (χ2n) is 6.62. The van der Waals surface area contributed by atoms with Crippen LogP contribution in [0.5, 0.6) is 11.5 Å². The largest absolute Gasteiger partial charge is 0.497 e. The molecule has 0 radical (unpaired) electrons. The average Bonchev–Trinajstić information content (AvgIpc) is 3.34. The molecule has 9 heteroatoms. The van der Waals surface area contributed by atoms with E-state index in [9.17, 15) is 13.2 Å². The molecule has 1 saturated heterocycles. The van der Waals surface area contributed by atoms with E-state index < -0.39 is 16.0 Å². The molecule has 2 aromatic rings. The fraction of sp³-hybridized carbons (Fsp3) is 0.421. The first kappa shape index (κ1) is 20.2. The van der Waals surface area contributed by atoms with Crippen LogP contribution < -0.4 is 9.47 Å². The monoisotopic (exact) mass is 408 g/mol. The summed E-state index contributed by atoms with van der Waals surface area (Å²) in [5.74, 6) is 0.814. The van der Waals surface area contributed by atoms with Crippen molar-refractivity contribution in [1.82, 2.24) is 8.87 Å². The predicted molar refractivity (Wildman–Crippen MR) is 102 cm³/mol. The molecule has 28 heavy (non-hydrogen) atoms. The zero-order chi connectivity index (χ0) is 20.5. The van der Waals surface area contributed by atoms with Crippen molar-refractivity contribution in [1.29, 1.82) is 0 Å². The van der Waals surface area contributed by atoms with E-state index in [1.54, 1.807) is 21.3 Å². The summed E-state index contributed by atoms with van der Waals surface area (Å²) < 4.78 is 44.5. The maximum Gasteiger partial charge on any atom is 0.354 e. The molecule has 1 aromatic heterocycles. The van der Waals surface area contributed by atoms with E-state index in [0.29, 0.717) is 31.0 Å². The molecule has 0 N–H and O–H groups in total. The van der Waals surface area contributed by atoms with Gasteiger partial charge in [-0.1, -0.05) is 0 Å². The number of rotatable bonds is 6. The third kappa shape index (κ3) is 3.59. The van der Waals surface area contributed by atoms with Crippen LogP contribution >= 0.6 is 0 Å². The minimum absolute atomic E-state index is 0.0105. The van der Waals surface area contributed by atoms with E-state index in [0.717, 1.165) is 5.56 Å². The van der Waals surface area contributed by atoms with Crippen molar-refractivity contribution in [2.45, 2.75) is 17.2 Å². The molecule has 0 bridgehead atoms. The summed E-state index contributed by atoms with van der Waals surface area (Å²) in [5.41, 5.74) is 1.11. The topological polar surface area (TPSA) is 87.1 Å². The summed E-state index contributed by atoms with van der Waals surface area (Å²) in [6, 6.07) is 6.87. The van der Waals surface area contributed by atoms with Crippen molar-refractivity contribution >= 4 is 16.0 Å². The van der Waals surface area contributed by atoms with Crippen LogP contribution in [-0.2, 0) is 21.8 Å². The first-order chi connectivity index (χ1) is 13.3. The number of hydrogen-bond donors (Lipinski definition) is 0. The van der Waals surface area contributed by atoms with Gasteiger partial charge in [-0.05, 0) is 30.7 Å². The van der Waals surface area contributed by atoms with Crippen LogP contribution in [0.1, 0.15) is 28.4 Å². The molecule has 2 heterocycles. The van der Waals surface area contributed by atoms with Gasteiger partial charge < -0.3 is 18.8 Å². The lowest BCUT2D eigenvalue weighted by Crippen LogP contribution is -2.28. The highest BCUT2D eigenvalue weighted by Crippen LogP contribution is 2.37. The minimum Gasteiger partial charge on any atom is -0.497 e. The molecule has 8 nitrogen and oxygen atoms in total. The van der Waals surface area contributed by atoms with Crippen LogP contribution in [0.2, 0.25) is 0 Å². The number of carbonyl (C=O) groups is 1. The zero-order valence-electron chi connectivity index (χ0n) is 16.3. The molecule has 1 aliphatic rings. The first-order valence-corrected chi connectivity index (χ1v) is 10.2. The molecule has 152 valence electrons. The molecule has 1 aliphatic heterocycles. The van der Waals surface area contributed by atoms with Crippen molar-refractivity contribution in [3.05, 3.63) is 41.7 Å². The smallest absolute Gasteiger partial charge is 0.354 e. The summed E-state index contributed by atoms with van der Waals surface area (Å²) in [5, 5.41) is 0. The molecule has 1 aromatic carbocycles. The van der Waals surface area contributed by atoms with E-state index in [1.807, 2.05) is 18.2 Å². The molecule has 1 atom stereocenters. The zero-order valence-corrected chi connectivity index (χ0v) is 17.2. The van der Waals surface area contributed by atoms with Crippen molar-refractivity contribution in [2.75, 3.05) is 34.4 Å². The van der Waals surface area contributed by atoms with Crippen molar-refractivity contribution in [3.8, 4) is 11.5 Å². The predicted octanol–water partition coefficient (Wildman–Crippen LogP) is 2.01. The summed E-state index contributed by atoms with van der Waals surface area (Å²) in [6.07, 6.45) is 2.10. The number of esters is 1. The van der Waals surface area contributed by atoms with E-state index in [-0.39, 0.29) is 16.5 Å². The van der Waals surface area contributed by atoms with Crippen LogP contribution in [0.4, 0.5) is 0 Å². The van der Waals surface area contributed by atoms with Crippen LogP contribution in [0, 0.1) is 0 Å². The number of sulfonamides is 1. The van der Waals surface area contributed by atoms with E-state index in [4.69, 9.17) is 14.2 Å². The van der Waals surface area contributed by atoms with Gasteiger partial charge in [0.15, 0.2) is 0 Å². The Morgan fingerprint density at radius 2 is 1.89 bits per heavy atom. The fourth-order valence-corrected chi connectivity index (χ4v) is 5.06. The number of carbonyl (C=O) groups excluding carboxylic acids is 1. The summed E-state index contributed by atoms with van der Waals surface area (Å²) in [7, 11) is 2.32. The Kier molecular flexibility index (Phi) is 5.66. The number of aryl methyl sites for hydroxylation is 1. The van der Waals surface area contributed by atoms with Gasteiger partial charge in [-0.3, -0.25) is 0 Å². The summed E-state index contributed by atoms with van der Waals surface area (Å²) in [6.45, 7) is 0.712. The molecule has 0 unspecified atom stereocenters. The van der Waals surface area contributed by atoms with Crippen LogP contribution in [0.25, 0.3) is 0 Å². The Labute approximate surface area is 164 Å². The van der Waals surface area contributed by atoms with Crippen LogP contribution in [-0.4, -0.2) is 57.7 Å². The second-order valence-corrected chi connectivity index (χ2v) is 8.56. The molecule has 3 rings (SSSR count). The van der Waals surface area contributed by atoms with E-state index >= 15 is 0 Å². The minimum atomic E-state index is -3.73. The Morgan fingerprint density at radius 3 is 2.54 bits per heavy atom. The second kappa shape index (κ2) is 7.84. The normalized spacial score (nSPS) is 17.5. The van der Waals surface area contributed by atoms with Gasteiger partial charge in [0, 0.05) is 37.8 Å². The lowest BCUT2D eigenvalue weighted by Gasteiger charge is -2.18. The summed E-state index contributed by atoms with van der Waals surface area (Å²) >= 11 is 0. The van der Waals surface area contributed by atoms with Gasteiger partial charge in [0.05, 0.1) is 21.3 Å². The van der Waals surface area contributed by atoms with Gasteiger partial charge in [-0.15, -0.1) is 0 Å². The van der Waals surface area contributed by atoms with Gasteiger partial charge in [0.2, 0.25) is 10.0 Å². The maximum absolute atomic E-state index is 13.1. The lowest BCUT2D eigenvalue weighted by atomic mass is 9.97. The Bertz CT molecular complexity index is 982.